The number of halogens is 2. The normalized spacial score (nSPS) is 19.0. The van der Waals surface area contributed by atoms with E-state index in [1.54, 1.807) is 10.7 Å². The van der Waals surface area contributed by atoms with Gasteiger partial charge in [-0.1, -0.05) is 0 Å². The molecule has 4 aromatic heterocycles. The maximum Gasteiger partial charge on any atom is 0.255 e. The number of H-pyrrole nitrogens is 1. The van der Waals surface area contributed by atoms with E-state index in [4.69, 9.17) is 0 Å². The highest BCUT2D eigenvalue weighted by molar-refractivity contribution is 6.02. The summed E-state index contributed by atoms with van der Waals surface area (Å²) in [5, 5.41) is 11.4. The Morgan fingerprint density at radius 1 is 1.25 bits per heavy atom. The van der Waals surface area contributed by atoms with Crippen LogP contribution < -0.4 is 10.6 Å². The van der Waals surface area contributed by atoms with Crippen LogP contribution in [0.1, 0.15) is 36.0 Å². The van der Waals surface area contributed by atoms with E-state index < -0.39 is 5.92 Å². The molecule has 1 aliphatic heterocycles. The van der Waals surface area contributed by atoms with Crippen LogP contribution in [0.4, 0.5) is 14.7 Å². The fourth-order valence-electron chi connectivity index (χ4n) is 5.14. The van der Waals surface area contributed by atoms with Crippen molar-refractivity contribution in [3.05, 3.63) is 42.5 Å². The van der Waals surface area contributed by atoms with Gasteiger partial charge in [-0.15, -0.1) is 0 Å². The number of aromatic nitrogens is 5. The molecule has 2 aliphatic rings. The van der Waals surface area contributed by atoms with Gasteiger partial charge in [-0.2, -0.15) is 10.1 Å². The molecule has 36 heavy (non-hydrogen) atoms. The monoisotopic (exact) mass is 494 g/mol. The van der Waals surface area contributed by atoms with Gasteiger partial charge in [0.2, 0.25) is 11.9 Å². The molecule has 9 nitrogen and oxygen atoms in total. The van der Waals surface area contributed by atoms with Crippen molar-refractivity contribution in [3.63, 3.8) is 0 Å². The number of nitrogens with zero attached hydrogens (tertiary/aromatic N) is 5. The lowest BCUT2D eigenvalue weighted by Crippen LogP contribution is -2.42. The molecule has 1 aliphatic carbocycles. The van der Waals surface area contributed by atoms with E-state index in [-0.39, 0.29) is 31.2 Å². The largest absolute Gasteiger partial charge is 0.352 e. The lowest BCUT2D eigenvalue weighted by molar-refractivity contribution is -0.108. The fourth-order valence-corrected chi connectivity index (χ4v) is 5.14. The van der Waals surface area contributed by atoms with Gasteiger partial charge in [0.1, 0.15) is 5.65 Å². The van der Waals surface area contributed by atoms with E-state index in [1.807, 2.05) is 24.5 Å². The number of carbonyl (C=O) groups is 1. The Labute approximate surface area is 206 Å². The molecule has 6 rings (SSSR count). The minimum absolute atomic E-state index is 0.177. The summed E-state index contributed by atoms with van der Waals surface area (Å²) >= 11 is 0. The van der Waals surface area contributed by atoms with Crippen molar-refractivity contribution in [1.82, 2.24) is 34.8 Å². The van der Waals surface area contributed by atoms with Crippen LogP contribution in [0.5, 0.6) is 0 Å². The van der Waals surface area contributed by atoms with Gasteiger partial charge in [-0.25, -0.2) is 18.3 Å². The average molecular weight is 495 g/mol. The number of alkyl halides is 2. The van der Waals surface area contributed by atoms with Crippen LogP contribution in [0.25, 0.3) is 27.7 Å². The standard InChI is InChI=1S/C25H28F2N8O/c1-34-5-3-17(4-6-34)32-24-30-13-19-18(12-28-22(19)33-24)16-2-7-35-21(8-16)20(14-31-35)23(36)29-11-15-9-25(26,27)10-15/h2,7-8,12-15,17H,3-6,9-11H2,1H3,(H,29,36)(H2,28,30,32,33). The number of aromatic amines is 1. The second-order valence-corrected chi connectivity index (χ2v) is 10.0. The molecular weight excluding hydrogens is 466 g/mol. The topological polar surface area (TPSA) is 103 Å². The van der Waals surface area contributed by atoms with Crippen molar-refractivity contribution in [3.8, 4) is 11.1 Å². The van der Waals surface area contributed by atoms with Crippen molar-refractivity contribution >= 4 is 28.4 Å². The average Bonchev–Trinajstić information content (AvgIpc) is 3.46. The molecule has 1 saturated carbocycles. The van der Waals surface area contributed by atoms with Crippen molar-refractivity contribution in [2.45, 2.75) is 37.6 Å². The highest BCUT2D eigenvalue weighted by Gasteiger charge is 2.45. The maximum absolute atomic E-state index is 13.1. The molecule has 0 spiro atoms. The van der Waals surface area contributed by atoms with Crippen LogP contribution in [0.3, 0.4) is 0 Å². The summed E-state index contributed by atoms with van der Waals surface area (Å²) in [6.45, 7) is 2.35. The van der Waals surface area contributed by atoms with E-state index >= 15 is 0 Å². The van der Waals surface area contributed by atoms with Gasteiger partial charge in [0.05, 0.1) is 17.3 Å². The quantitative estimate of drug-likeness (QED) is 0.379. The fraction of sp³-hybridized carbons (Fsp3) is 0.440. The molecule has 11 heteroatoms. The Kier molecular flexibility index (Phi) is 5.59. The molecule has 188 valence electrons. The molecular formula is C25H28F2N8O. The summed E-state index contributed by atoms with van der Waals surface area (Å²) in [4.78, 5) is 27.5. The van der Waals surface area contributed by atoms with Gasteiger partial charge in [0.15, 0.2) is 0 Å². The van der Waals surface area contributed by atoms with Crippen molar-refractivity contribution in [2.24, 2.45) is 5.92 Å². The third-order valence-corrected chi connectivity index (χ3v) is 7.29. The van der Waals surface area contributed by atoms with Crippen LogP contribution >= 0.6 is 0 Å². The number of rotatable bonds is 6. The smallest absolute Gasteiger partial charge is 0.255 e. The molecule has 0 radical (unpaired) electrons. The zero-order chi connectivity index (χ0) is 24.9. The molecule has 1 saturated heterocycles. The number of hydrogen-bond donors (Lipinski definition) is 3. The minimum atomic E-state index is -2.60. The number of amides is 1. The molecule has 0 unspecified atom stereocenters. The third kappa shape index (κ3) is 4.39. The van der Waals surface area contributed by atoms with Crippen LogP contribution in [0.15, 0.2) is 36.9 Å². The molecule has 4 aromatic rings. The maximum atomic E-state index is 13.1. The molecule has 0 aromatic carbocycles. The van der Waals surface area contributed by atoms with Crippen LogP contribution in [0.2, 0.25) is 0 Å². The number of hydrogen-bond acceptors (Lipinski definition) is 6. The van der Waals surface area contributed by atoms with E-state index in [2.05, 4.69) is 42.6 Å². The first-order valence-corrected chi connectivity index (χ1v) is 12.3. The van der Waals surface area contributed by atoms with E-state index in [0.717, 1.165) is 48.1 Å². The Hall–Kier alpha value is -3.60. The molecule has 3 N–H and O–H groups in total. The highest BCUT2D eigenvalue weighted by atomic mass is 19.3. The van der Waals surface area contributed by atoms with Gasteiger partial charge in [-0.3, -0.25) is 4.79 Å². The Morgan fingerprint density at radius 3 is 2.83 bits per heavy atom. The van der Waals surface area contributed by atoms with Crippen LogP contribution in [-0.4, -0.2) is 74.0 Å². The summed E-state index contributed by atoms with van der Waals surface area (Å²) in [6.07, 6.45) is 8.76. The second-order valence-electron chi connectivity index (χ2n) is 10.0. The van der Waals surface area contributed by atoms with Crippen molar-refractivity contribution in [1.29, 1.82) is 0 Å². The van der Waals surface area contributed by atoms with Gasteiger partial charge in [0, 0.05) is 55.0 Å². The predicted molar refractivity (Wildman–Crippen MR) is 132 cm³/mol. The van der Waals surface area contributed by atoms with Crippen LogP contribution in [-0.2, 0) is 0 Å². The number of likely N-dealkylation sites (tertiary alicyclic amines) is 1. The van der Waals surface area contributed by atoms with E-state index in [1.165, 1.54) is 6.20 Å². The highest BCUT2D eigenvalue weighted by Crippen LogP contribution is 2.41. The zero-order valence-corrected chi connectivity index (χ0v) is 20.0. The number of fused-ring (bicyclic) bond motifs is 2. The lowest BCUT2D eigenvalue weighted by Gasteiger charge is -2.34. The first-order chi connectivity index (χ1) is 17.3. The zero-order valence-electron chi connectivity index (χ0n) is 20.0. The Morgan fingerprint density at radius 2 is 2.06 bits per heavy atom. The predicted octanol–water partition coefficient (Wildman–Crippen LogP) is 3.55. The number of pyridine rings is 1. The summed E-state index contributed by atoms with van der Waals surface area (Å²) < 4.78 is 27.8. The van der Waals surface area contributed by atoms with Gasteiger partial charge >= 0.3 is 0 Å². The number of piperidine rings is 1. The van der Waals surface area contributed by atoms with Crippen LogP contribution in [0, 0.1) is 5.92 Å². The van der Waals surface area contributed by atoms with Gasteiger partial charge < -0.3 is 20.5 Å². The van der Waals surface area contributed by atoms with Crippen molar-refractivity contribution in [2.75, 3.05) is 32.0 Å². The first-order valence-electron chi connectivity index (χ1n) is 12.3. The summed E-state index contributed by atoms with van der Waals surface area (Å²) in [6, 6.07) is 4.18. The van der Waals surface area contributed by atoms with E-state index in [0.29, 0.717) is 23.1 Å². The minimum Gasteiger partial charge on any atom is -0.352 e. The van der Waals surface area contributed by atoms with Gasteiger partial charge in [-0.05, 0) is 56.6 Å². The Balaban J connectivity index is 1.21. The summed E-state index contributed by atoms with van der Waals surface area (Å²) in [5.41, 5.74) is 3.59. The summed E-state index contributed by atoms with van der Waals surface area (Å²) in [5.74, 6) is -2.49. The third-order valence-electron chi connectivity index (χ3n) is 7.29. The SMILES string of the molecule is CN1CCC(Nc2ncc3c(-c4ccn5ncc(C(=O)NCC6CC(F)(F)C6)c5c4)c[nH]c3n2)CC1. The summed E-state index contributed by atoms with van der Waals surface area (Å²) in [7, 11) is 2.13. The Bertz CT molecular complexity index is 1410. The second kappa shape index (κ2) is 8.81. The first kappa shape index (κ1) is 22.8. The molecule has 0 atom stereocenters. The molecule has 0 bridgehead atoms. The van der Waals surface area contributed by atoms with Gasteiger partial charge in [0.25, 0.3) is 5.91 Å². The van der Waals surface area contributed by atoms with E-state index in [9.17, 15) is 13.6 Å². The number of nitrogens with one attached hydrogen (secondary N) is 3. The lowest BCUT2D eigenvalue weighted by atomic mass is 9.81. The molecule has 2 fully saturated rings. The molecule has 1 amide bonds. The number of carbonyl (C=O) groups excluding carboxylic acids is 1. The number of anilines is 1. The molecule has 5 heterocycles. The van der Waals surface area contributed by atoms with Crippen molar-refractivity contribution < 1.29 is 13.6 Å².